The fourth-order valence-corrected chi connectivity index (χ4v) is 5.18. The van der Waals surface area contributed by atoms with Gasteiger partial charge in [-0.05, 0) is 63.9 Å². The number of Topliss-reactive ketones (excluding diaryl/α,β-unsaturated/α-hetero) is 1. The molecule has 8 heteroatoms. The van der Waals surface area contributed by atoms with Crippen molar-refractivity contribution in [2.75, 3.05) is 27.2 Å². The van der Waals surface area contributed by atoms with Crippen LogP contribution in [0.25, 0.3) is 22.2 Å². The second kappa shape index (κ2) is 13.5. The topological polar surface area (TPSA) is 100 Å². The van der Waals surface area contributed by atoms with Crippen LogP contribution in [0.15, 0.2) is 36.5 Å². The summed E-state index contributed by atoms with van der Waals surface area (Å²) in [5.41, 5.74) is 2.51. The van der Waals surface area contributed by atoms with E-state index in [9.17, 15) is 9.59 Å². The number of piperidine rings is 1. The van der Waals surface area contributed by atoms with E-state index in [4.69, 9.17) is 4.74 Å². The van der Waals surface area contributed by atoms with Crippen molar-refractivity contribution in [1.29, 1.82) is 0 Å². The minimum atomic E-state index is -0.219. The fourth-order valence-electron chi connectivity index (χ4n) is 5.18. The Hall–Kier alpha value is -3.26. The molecule has 0 bridgehead atoms. The lowest BCUT2D eigenvalue weighted by atomic mass is 9.93. The summed E-state index contributed by atoms with van der Waals surface area (Å²) >= 11 is 0. The Kier molecular flexibility index (Phi) is 9.87. The van der Waals surface area contributed by atoms with E-state index in [0.29, 0.717) is 36.8 Å². The van der Waals surface area contributed by atoms with Gasteiger partial charge >= 0.3 is 0 Å². The molecule has 3 heterocycles. The van der Waals surface area contributed by atoms with Crippen molar-refractivity contribution in [3.63, 3.8) is 0 Å². The minimum Gasteiger partial charge on any atom is -0.480 e. The lowest BCUT2D eigenvalue weighted by Crippen LogP contribution is -2.35. The number of carbonyl (C=O) groups is 2. The number of methoxy groups -OCH3 is 1. The van der Waals surface area contributed by atoms with Gasteiger partial charge in [0.1, 0.15) is 11.6 Å². The molecule has 1 aliphatic rings. The number of benzene rings is 1. The fraction of sp³-hybridized carbons (Fsp3) is 0.533. The number of pyridine rings is 1. The highest BCUT2D eigenvalue weighted by Gasteiger charge is 2.23. The zero-order valence-electron chi connectivity index (χ0n) is 23.0. The van der Waals surface area contributed by atoms with E-state index in [1.807, 2.05) is 31.2 Å². The van der Waals surface area contributed by atoms with E-state index in [-0.39, 0.29) is 11.9 Å². The number of hydrogen-bond acceptors (Lipinski definition) is 6. The molecule has 0 radical (unpaired) electrons. The number of rotatable bonds is 13. The molecule has 4 rings (SSSR count). The Morgan fingerprint density at radius 3 is 2.74 bits per heavy atom. The summed E-state index contributed by atoms with van der Waals surface area (Å²) in [7, 11) is 3.75. The molecule has 2 N–H and O–H groups in total. The first-order valence-corrected chi connectivity index (χ1v) is 14.0. The second-order valence-corrected chi connectivity index (χ2v) is 10.5. The number of unbranched alkanes of at least 4 members (excludes halogenated alkanes) is 2. The van der Waals surface area contributed by atoms with Crippen LogP contribution in [0.5, 0.6) is 5.88 Å². The molecule has 204 valence electrons. The molecule has 2 aromatic heterocycles. The van der Waals surface area contributed by atoms with E-state index >= 15 is 0 Å². The highest BCUT2D eigenvalue weighted by molar-refractivity contribution is 5.85. The molecule has 0 unspecified atom stereocenters. The normalized spacial score (nSPS) is 15.4. The van der Waals surface area contributed by atoms with Gasteiger partial charge < -0.3 is 19.9 Å². The Balaban J connectivity index is 1.48. The van der Waals surface area contributed by atoms with Gasteiger partial charge in [0.25, 0.3) is 0 Å². The molecule has 0 spiro atoms. The first kappa shape index (κ1) is 27.8. The quantitative estimate of drug-likeness (QED) is 0.291. The smallest absolute Gasteiger partial charge is 0.223 e. The third-order valence-electron chi connectivity index (χ3n) is 7.59. The maximum absolute atomic E-state index is 13.1. The monoisotopic (exact) mass is 519 g/mol. The summed E-state index contributed by atoms with van der Waals surface area (Å²) in [5.74, 6) is 2.07. The first-order valence-electron chi connectivity index (χ1n) is 14.0. The van der Waals surface area contributed by atoms with Gasteiger partial charge in [-0.2, -0.15) is 0 Å². The average Bonchev–Trinajstić information content (AvgIpc) is 3.42. The Morgan fingerprint density at radius 1 is 1.18 bits per heavy atom. The summed E-state index contributed by atoms with van der Waals surface area (Å²) in [6.07, 6.45) is 9.17. The lowest BCUT2D eigenvalue weighted by Gasteiger charge is -2.29. The van der Waals surface area contributed by atoms with Gasteiger partial charge in [-0.25, -0.2) is 9.97 Å². The summed E-state index contributed by atoms with van der Waals surface area (Å²) in [4.78, 5) is 39.9. The molecule has 0 aliphatic carbocycles. The molecular weight excluding hydrogens is 478 g/mol. The molecule has 1 saturated heterocycles. The number of para-hydroxylation sites is 1. The van der Waals surface area contributed by atoms with Crippen LogP contribution in [0.3, 0.4) is 0 Å². The van der Waals surface area contributed by atoms with Crippen molar-refractivity contribution in [2.24, 2.45) is 5.92 Å². The van der Waals surface area contributed by atoms with E-state index in [2.05, 4.69) is 38.3 Å². The van der Waals surface area contributed by atoms with Gasteiger partial charge in [0.05, 0.1) is 36.1 Å². The Morgan fingerprint density at radius 2 is 1.97 bits per heavy atom. The van der Waals surface area contributed by atoms with Crippen LogP contribution in [-0.4, -0.2) is 58.8 Å². The molecule has 1 aromatic carbocycles. The van der Waals surface area contributed by atoms with Gasteiger partial charge in [-0.15, -0.1) is 0 Å². The number of likely N-dealkylation sites (tertiary alicyclic amines) is 1. The molecule has 1 fully saturated rings. The van der Waals surface area contributed by atoms with Gasteiger partial charge in [0.15, 0.2) is 0 Å². The SMILES string of the molecule is CCC(=O)CCCCC[C@H](NC(=O)CC1CCN(C)CC1)c1ncc(-c2cc3ccccc3nc2OC)[nH]1. The van der Waals surface area contributed by atoms with Crippen molar-refractivity contribution < 1.29 is 14.3 Å². The molecular formula is C30H41N5O3. The molecule has 0 saturated carbocycles. The number of nitrogens with zero attached hydrogens (tertiary/aromatic N) is 3. The van der Waals surface area contributed by atoms with E-state index in [1.165, 1.54) is 0 Å². The molecule has 1 aliphatic heterocycles. The number of aromatic amines is 1. The summed E-state index contributed by atoms with van der Waals surface area (Å²) in [5, 5.41) is 4.28. The number of amides is 1. The van der Waals surface area contributed by atoms with Gasteiger partial charge in [-0.3, -0.25) is 9.59 Å². The number of fused-ring (bicyclic) bond motifs is 1. The maximum Gasteiger partial charge on any atom is 0.223 e. The van der Waals surface area contributed by atoms with Crippen molar-refractivity contribution >= 4 is 22.6 Å². The molecule has 1 amide bonds. The third-order valence-corrected chi connectivity index (χ3v) is 7.59. The Bertz CT molecular complexity index is 1220. The number of ketones is 1. The van der Waals surface area contributed by atoms with Crippen LogP contribution in [0, 0.1) is 5.92 Å². The Labute approximate surface area is 225 Å². The number of ether oxygens (including phenoxy) is 1. The third kappa shape index (κ3) is 7.40. The number of aromatic nitrogens is 3. The van der Waals surface area contributed by atoms with E-state index in [1.54, 1.807) is 13.3 Å². The first-order chi connectivity index (χ1) is 18.5. The predicted molar refractivity (Wildman–Crippen MR) is 150 cm³/mol. The number of hydrogen-bond donors (Lipinski definition) is 2. The maximum atomic E-state index is 13.1. The predicted octanol–water partition coefficient (Wildman–Crippen LogP) is 5.45. The molecule has 1 atom stereocenters. The standard InChI is InChI=1S/C30H41N5O3/c1-4-23(36)11-6-5-7-13-26(32-28(37)18-21-14-16-35(2)17-15-21)29-31-20-27(33-29)24-19-22-10-8-9-12-25(22)34-30(24)38-3/h8-10,12,19-21,26H,4-7,11,13-18H2,1-3H3,(H,31,33)(H,32,37)/t26-/m0/s1. The molecule has 38 heavy (non-hydrogen) atoms. The van der Waals surface area contributed by atoms with Crippen LogP contribution in [0.2, 0.25) is 0 Å². The number of H-pyrrole nitrogens is 1. The number of imidazole rings is 1. The zero-order chi connectivity index (χ0) is 26.9. The van der Waals surface area contributed by atoms with Gasteiger partial charge in [0.2, 0.25) is 11.8 Å². The van der Waals surface area contributed by atoms with Crippen molar-refractivity contribution in [1.82, 2.24) is 25.2 Å². The zero-order valence-corrected chi connectivity index (χ0v) is 23.0. The van der Waals surface area contributed by atoms with Gasteiger partial charge in [0, 0.05) is 24.6 Å². The minimum absolute atomic E-state index is 0.0774. The highest BCUT2D eigenvalue weighted by atomic mass is 16.5. The van der Waals surface area contributed by atoms with Crippen molar-refractivity contribution in [3.05, 3.63) is 42.4 Å². The van der Waals surface area contributed by atoms with Crippen LogP contribution < -0.4 is 10.1 Å². The average molecular weight is 520 g/mol. The summed E-state index contributed by atoms with van der Waals surface area (Å²) in [6, 6.07) is 9.77. The molecule has 3 aromatic rings. The lowest BCUT2D eigenvalue weighted by molar-refractivity contribution is -0.123. The van der Waals surface area contributed by atoms with Crippen LogP contribution >= 0.6 is 0 Å². The highest BCUT2D eigenvalue weighted by Crippen LogP contribution is 2.32. The molecule has 8 nitrogen and oxygen atoms in total. The largest absolute Gasteiger partial charge is 0.480 e. The van der Waals surface area contributed by atoms with Crippen LogP contribution in [0.1, 0.15) is 76.6 Å². The summed E-state index contributed by atoms with van der Waals surface area (Å²) < 4.78 is 5.59. The van der Waals surface area contributed by atoms with Gasteiger partial charge in [-0.1, -0.05) is 38.0 Å². The van der Waals surface area contributed by atoms with Crippen molar-refractivity contribution in [3.8, 4) is 17.1 Å². The second-order valence-electron chi connectivity index (χ2n) is 10.5. The van der Waals surface area contributed by atoms with Crippen LogP contribution in [-0.2, 0) is 9.59 Å². The van der Waals surface area contributed by atoms with Crippen LogP contribution in [0.4, 0.5) is 0 Å². The van der Waals surface area contributed by atoms with E-state index < -0.39 is 0 Å². The number of carbonyl (C=O) groups excluding carboxylic acids is 2. The number of nitrogens with one attached hydrogen (secondary N) is 2. The van der Waals surface area contributed by atoms with E-state index in [0.717, 1.165) is 79.6 Å². The van der Waals surface area contributed by atoms with Crippen molar-refractivity contribution in [2.45, 2.75) is 70.8 Å². The summed E-state index contributed by atoms with van der Waals surface area (Å²) in [6.45, 7) is 3.99.